The Labute approximate surface area is 152 Å². The van der Waals surface area contributed by atoms with Crippen molar-refractivity contribution in [2.24, 2.45) is 0 Å². The SMILES string of the molecule is CC1O[C@H](C)C[C@H](OC(=O)c2ccccc2)[C@H]1OC(=O)c1ccccc1. The molecule has 2 aromatic rings. The predicted molar refractivity (Wildman–Crippen MR) is 95.9 cm³/mol. The monoisotopic (exact) mass is 354 g/mol. The fraction of sp³-hybridized carbons (Fsp3) is 0.333. The van der Waals surface area contributed by atoms with Crippen molar-refractivity contribution >= 4 is 11.9 Å². The quantitative estimate of drug-likeness (QED) is 0.785. The number of carbonyl (C=O) groups excluding carboxylic acids is 2. The molecule has 0 saturated carbocycles. The van der Waals surface area contributed by atoms with Crippen LogP contribution in [0.5, 0.6) is 0 Å². The van der Waals surface area contributed by atoms with Crippen molar-refractivity contribution < 1.29 is 23.8 Å². The van der Waals surface area contributed by atoms with Crippen LogP contribution in [-0.4, -0.2) is 36.4 Å². The molecule has 4 atom stereocenters. The van der Waals surface area contributed by atoms with Gasteiger partial charge >= 0.3 is 11.9 Å². The van der Waals surface area contributed by atoms with Crippen molar-refractivity contribution in [1.29, 1.82) is 0 Å². The molecule has 136 valence electrons. The number of hydrogen-bond acceptors (Lipinski definition) is 5. The molecule has 1 unspecified atom stereocenters. The highest BCUT2D eigenvalue weighted by molar-refractivity contribution is 5.90. The summed E-state index contributed by atoms with van der Waals surface area (Å²) < 4.78 is 17.1. The third-order valence-corrected chi connectivity index (χ3v) is 4.36. The first kappa shape index (κ1) is 18.1. The van der Waals surface area contributed by atoms with Crippen LogP contribution < -0.4 is 0 Å². The maximum Gasteiger partial charge on any atom is 0.338 e. The van der Waals surface area contributed by atoms with E-state index in [0.29, 0.717) is 17.5 Å². The topological polar surface area (TPSA) is 61.8 Å². The van der Waals surface area contributed by atoms with Gasteiger partial charge in [-0.05, 0) is 38.1 Å². The molecule has 1 saturated heterocycles. The molecule has 5 heteroatoms. The number of esters is 2. The summed E-state index contributed by atoms with van der Waals surface area (Å²) in [6, 6.07) is 17.5. The second kappa shape index (κ2) is 8.15. The van der Waals surface area contributed by atoms with Crippen molar-refractivity contribution in [2.75, 3.05) is 0 Å². The van der Waals surface area contributed by atoms with Crippen LogP contribution in [0.15, 0.2) is 60.7 Å². The molecule has 26 heavy (non-hydrogen) atoms. The van der Waals surface area contributed by atoms with E-state index in [2.05, 4.69) is 0 Å². The van der Waals surface area contributed by atoms with E-state index < -0.39 is 24.1 Å². The molecule has 0 amide bonds. The average molecular weight is 354 g/mol. The second-order valence-corrected chi connectivity index (χ2v) is 6.43. The standard InChI is InChI=1S/C21H22O5/c1-14-13-18(25-20(22)16-9-5-3-6-10-16)19(15(2)24-14)26-21(23)17-11-7-4-8-12-17/h3-12,14-15,18-19H,13H2,1-2H3/t14-,15?,18+,19+/m1/s1. The van der Waals surface area contributed by atoms with Crippen LogP contribution in [0.25, 0.3) is 0 Å². The molecule has 3 rings (SSSR count). The number of hydrogen-bond donors (Lipinski definition) is 0. The van der Waals surface area contributed by atoms with Gasteiger partial charge in [0.05, 0.1) is 23.3 Å². The van der Waals surface area contributed by atoms with E-state index in [4.69, 9.17) is 14.2 Å². The van der Waals surface area contributed by atoms with E-state index in [1.54, 1.807) is 48.5 Å². The number of ether oxygens (including phenoxy) is 3. The minimum absolute atomic E-state index is 0.0924. The lowest BCUT2D eigenvalue weighted by atomic mass is 9.98. The highest BCUT2D eigenvalue weighted by atomic mass is 16.6. The Bertz CT molecular complexity index is 744. The number of rotatable bonds is 4. The first-order chi connectivity index (χ1) is 12.5. The predicted octanol–water partition coefficient (Wildman–Crippen LogP) is 3.63. The van der Waals surface area contributed by atoms with Crippen LogP contribution in [-0.2, 0) is 14.2 Å². The zero-order valence-electron chi connectivity index (χ0n) is 14.8. The lowest BCUT2D eigenvalue weighted by Crippen LogP contribution is -2.50. The van der Waals surface area contributed by atoms with E-state index in [9.17, 15) is 9.59 Å². The molecule has 5 nitrogen and oxygen atoms in total. The van der Waals surface area contributed by atoms with E-state index in [1.165, 1.54) is 0 Å². The van der Waals surface area contributed by atoms with Crippen LogP contribution in [0, 0.1) is 0 Å². The summed E-state index contributed by atoms with van der Waals surface area (Å²) in [4.78, 5) is 24.8. The van der Waals surface area contributed by atoms with E-state index in [1.807, 2.05) is 26.0 Å². The van der Waals surface area contributed by atoms with Gasteiger partial charge in [0.15, 0.2) is 6.10 Å². The lowest BCUT2D eigenvalue weighted by Gasteiger charge is -2.38. The van der Waals surface area contributed by atoms with Gasteiger partial charge in [-0.15, -0.1) is 0 Å². The Morgan fingerprint density at radius 1 is 0.846 bits per heavy atom. The van der Waals surface area contributed by atoms with Crippen LogP contribution in [0.3, 0.4) is 0 Å². The summed E-state index contributed by atoms with van der Waals surface area (Å²) in [5, 5.41) is 0. The van der Waals surface area contributed by atoms with Gasteiger partial charge in [-0.3, -0.25) is 0 Å². The molecule has 0 radical (unpaired) electrons. The summed E-state index contributed by atoms with van der Waals surface area (Å²) in [5.74, 6) is -0.890. The van der Waals surface area contributed by atoms with Crippen LogP contribution in [0.1, 0.15) is 41.0 Å². The zero-order valence-corrected chi connectivity index (χ0v) is 14.8. The smallest absolute Gasteiger partial charge is 0.338 e. The Hall–Kier alpha value is -2.66. The van der Waals surface area contributed by atoms with Gasteiger partial charge in [-0.2, -0.15) is 0 Å². The van der Waals surface area contributed by atoms with E-state index >= 15 is 0 Å². The van der Waals surface area contributed by atoms with Crippen molar-refractivity contribution in [3.63, 3.8) is 0 Å². The molecule has 1 heterocycles. The molecular weight excluding hydrogens is 332 g/mol. The molecule has 0 bridgehead atoms. The van der Waals surface area contributed by atoms with Crippen molar-refractivity contribution in [2.45, 2.75) is 44.7 Å². The van der Waals surface area contributed by atoms with Crippen LogP contribution in [0.4, 0.5) is 0 Å². The highest BCUT2D eigenvalue weighted by Gasteiger charge is 2.40. The van der Waals surface area contributed by atoms with Gasteiger partial charge in [-0.25, -0.2) is 9.59 Å². The molecule has 0 spiro atoms. The lowest BCUT2D eigenvalue weighted by molar-refractivity contribution is -0.160. The molecule has 1 aliphatic heterocycles. The normalized spacial score (nSPS) is 25.3. The molecule has 0 N–H and O–H groups in total. The molecule has 1 aliphatic rings. The summed E-state index contributed by atoms with van der Waals surface area (Å²) >= 11 is 0. The van der Waals surface area contributed by atoms with E-state index in [0.717, 1.165) is 0 Å². The first-order valence-electron chi connectivity index (χ1n) is 8.72. The fourth-order valence-electron chi connectivity index (χ4n) is 3.10. The van der Waals surface area contributed by atoms with Crippen molar-refractivity contribution in [3.05, 3.63) is 71.8 Å². The summed E-state index contributed by atoms with van der Waals surface area (Å²) in [7, 11) is 0. The largest absolute Gasteiger partial charge is 0.455 e. The fourth-order valence-corrected chi connectivity index (χ4v) is 3.10. The van der Waals surface area contributed by atoms with Crippen molar-refractivity contribution in [3.8, 4) is 0 Å². The minimum atomic E-state index is -0.661. The number of carbonyl (C=O) groups is 2. The third kappa shape index (κ3) is 4.29. The summed E-state index contributed by atoms with van der Waals surface area (Å²) in [6.07, 6.45) is -1.22. The molecule has 0 aliphatic carbocycles. The molecule has 1 fully saturated rings. The Morgan fingerprint density at radius 3 is 1.88 bits per heavy atom. The highest BCUT2D eigenvalue weighted by Crippen LogP contribution is 2.26. The van der Waals surface area contributed by atoms with E-state index in [-0.39, 0.29) is 12.2 Å². The van der Waals surface area contributed by atoms with Gasteiger partial charge in [0, 0.05) is 6.42 Å². The Kier molecular flexibility index (Phi) is 5.68. The van der Waals surface area contributed by atoms with Gasteiger partial charge in [-0.1, -0.05) is 36.4 Å². The van der Waals surface area contributed by atoms with Gasteiger partial charge in [0.1, 0.15) is 6.10 Å². The van der Waals surface area contributed by atoms with Gasteiger partial charge in [0.25, 0.3) is 0 Å². The zero-order chi connectivity index (χ0) is 18.5. The average Bonchev–Trinajstić information content (AvgIpc) is 2.65. The molecule has 0 aromatic heterocycles. The first-order valence-corrected chi connectivity index (χ1v) is 8.72. The maximum atomic E-state index is 12.4. The summed E-state index contributed by atoms with van der Waals surface area (Å²) in [6.45, 7) is 3.73. The second-order valence-electron chi connectivity index (χ2n) is 6.43. The van der Waals surface area contributed by atoms with Crippen LogP contribution in [0.2, 0.25) is 0 Å². The number of benzene rings is 2. The maximum absolute atomic E-state index is 12.4. The summed E-state index contributed by atoms with van der Waals surface area (Å²) in [5.41, 5.74) is 0.916. The van der Waals surface area contributed by atoms with Crippen molar-refractivity contribution in [1.82, 2.24) is 0 Å². The molecule has 2 aromatic carbocycles. The Balaban J connectivity index is 1.74. The van der Waals surface area contributed by atoms with Crippen LogP contribution >= 0.6 is 0 Å². The Morgan fingerprint density at radius 2 is 1.35 bits per heavy atom. The van der Waals surface area contributed by atoms with Gasteiger partial charge < -0.3 is 14.2 Å². The van der Waals surface area contributed by atoms with Gasteiger partial charge in [0.2, 0.25) is 0 Å². The third-order valence-electron chi connectivity index (χ3n) is 4.36. The molecular formula is C21H22O5. The minimum Gasteiger partial charge on any atom is -0.455 e.